The molecule has 0 aliphatic rings. The maximum atomic E-state index is 13.7. The molecule has 0 atom stereocenters. The molecule has 0 saturated carbocycles. The number of nitrogens with zero attached hydrogens (tertiary/aromatic N) is 4. The van der Waals surface area contributed by atoms with Gasteiger partial charge in [0.2, 0.25) is 0 Å². The van der Waals surface area contributed by atoms with E-state index in [4.69, 9.17) is 16.6 Å². The number of fused-ring (bicyclic) bond motifs is 1. The number of aromatic nitrogens is 4. The van der Waals surface area contributed by atoms with Crippen molar-refractivity contribution in [1.29, 1.82) is 0 Å². The van der Waals surface area contributed by atoms with Gasteiger partial charge in [-0.05, 0) is 73.5 Å². The summed E-state index contributed by atoms with van der Waals surface area (Å²) in [6.07, 6.45) is 1.74. The summed E-state index contributed by atoms with van der Waals surface area (Å²) in [5.74, 6) is 0.525. The van der Waals surface area contributed by atoms with Crippen LogP contribution in [-0.2, 0) is 0 Å². The van der Waals surface area contributed by atoms with Crippen LogP contribution in [0.15, 0.2) is 83.8 Å². The molecule has 6 heteroatoms. The molecule has 0 N–H and O–H groups in total. The number of aryl methyl sites for hydroxylation is 2. The second kappa shape index (κ2) is 7.52. The highest BCUT2D eigenvalue weighted by Gasteiger charge is 2.18. The molecule has 3 aromatic carbocycles. The van der Waals surface area contributed by atoms with Crippen molar-refractivity contribution in [1.82, 2.24) is 19.3 Å². The number of rotatable bonds is 3. The number of para-hydroxylation sites is 1. The van der Waals surface area contributed by atoms with Gasteiger partial charge in [0.25, 0.3) is 5.56 Å². The lowest BCUT2D eigenvalue weighted by Crippen LogP contribution is -2.21. The predicted molar refractivity (Wildman–Crippen MR) is 124 cm³/mol. The van der Waals surface area contributed by atoms with Gasteiger partial charge in [0.15, 0.2) is 5.65 Å². The first-order valence-corrected chi connectivity index (χ1v) is 10.3. The van der Waals surface area contributed by atoms with E-state index in [0.717, 1.165) is 28.1 Å². The van der Waals surface area contributed by atoms with E-state index >= 15 is 0 Å². The molecule has 0 aliphatic heterocycles. The van der Waals surface area contributed by atoms with E-state index in [-0.39, 0.29) is 5.56 Å². The Labute approximate surface area is 184 Å². The van der Waals surface area contributed by atoms with Gasteiger partial charge in [0.05, 0.1) is 11.4 Å². The molecule has 0 aliphatic carbocycles. The molecule has 5 nitrogen and oxygen atoms in total. The van der Waals surface area contributed by atoms with Crippen molar-refractivity contribution in [2.75, 3.05) is 0 Å². The first kappa shape index (κ1) is 19.3. The van der Waals surface area contributed by atoms with Crippen LogP contribution in [0.3, 0.4) is 0 Å². The van der Waals surface area contributed by atoms with Crippen molar-refractivity contribution in [3.63, 3.8) is 0 Å². The zero-order valence-electron chi connectivity index (χ0n) is 17.1. The van der Waals surface area contributed by atoms with E-state index in [1.807, 2.05) is 68.4 Å². The van der Waals surface area contributed by atoms with Crippen LogP contribution in [-0.4, -0.2) is 19.3 Å². The molecule has 31 heavy (non-hydrogen) atoms. The highest BCUT2D eigenvalue weighted by atomic mass is 35.5. The lowest BCUT2D eigenvalue weighted by molar-refractivity contribution is 0.888. The molecule has 0 radical (unpaired) electrons. The average Bonchev–Trinajstić information content (AvgIpc) is 3.19. The number of benzene rings is 3. The van der Waals surface area contributed by atoms with Gasteiger partial charge in [-0.2, -0.15) is 0 Å². The van der Waals surface area contributed by atoms with E-state index in [9.17, 15) is 4.79 Å². The van der Waals surface area contributed by atoms with Crippen LogP contribution in [0.4, 0.5) is 0 Å². The van der Waals surface area contributed by atoms with Crippen LogP contribution in [0.25, 0.3) is 33.8 Å². The summed E-state index contributed by atoms with van der Waals surface area (Å²) in [7, 11) is 0. The first-order valence-electron chi connectivity index (χ1n) is 9.92. The third kappa shape index (κ3) is 3.53. The molecule has 0 saturated heterocycles. The average molecular weight is 427 g/mol. The highest BCUT2D eigenvalue weighted by molar-refractivity contribution is 6.30. The Morgan fingerprint density at radius 2 is 1.52 bits per heavy atom. The summed E-state index contributed by atoms with van der Waals surface area (Å²) in [5.41, 5.74) is 4.81. The molecular weight excluding hydrogens is 408 g/mol. The van der Waals surface area contributed by atoms with Crippen LogP contribution in [0.2, 0.25) is 5.02 Å². The van der Waals surface area contributed by atoms with Crippen molar-refractivity contribution < 1.29 is 0 Å². The van der Waals surface area contributed by atoms with Crippen molar-refractivity contribution in [3.05, 3.63) is 105 Å². The second-order valence-electron chi connectivity index (χ2n) is 7.58. The Kier molecular flexibility index (Phi) is 4.68. The summed E-state index contributed by atoms with van der Waals surface area (Å²) in [6, 6.07) is 23.1. The monoisotopic (exact) mass is 426 g/mol. The largest absolute Gasteiger partial charge is 0.269 e. The standard InChI is InChI=1S/C25H19ClN4O/c1-16-12-17(2)14-21(13-16)30-24(18-8-10-19(26)11-9-18)27-23-22(25(30)31)15-29(28-23)20-6-4-3-5-7-20/h3-15H,1-2H3. The molecule has 0 fully saturated rings. The van der Waals surface area contributed by atoms with E-state index in [0.29, 0.717) is 21.9 Å². The molecule has 0 bridgehead atoms. The zero-order valence-corrected chi connectivity index (χ0v) is 17.8. The van der Waals surface area contributed by atoms with Gasteiger partial charge in [-0.1, -0.05) is 35.9 Å². The topological polar surface area (TPSA) is 52.7 Å². The first-order chi connectivity index (χ1) is 15.0. The number of halogens is 1. The van der Waals surface area contributed by atoms with Crippen LogP contribution >= 0.6 is 11.6 Å². The minimum absolute atomic E-state index is 0.165. The van der Waals surface area contributed by atoms with Crippen molar-refractivity contribution in [3.8, 4) is 22.8 Å². The van der Waals surface area contributed by atoms with Gasteiger partial charge in [0, 0.05) is 16.8 Å². The Hall–Kier alpha value is -3.70. The third-order valence-corrected chi connectivity index (χ3v) is 5.39. The lowest BCUT2D eigenvalue weighted by atomic mass is 10.1. The summed E-state index contributed by atoms with van der Waals surface area (Å²) >= 11 is 6.09. The van der Waals surface area contributed by atoms with E-state index in [2.05, 4.69) is 11.2 Å². The molecule has 0 spiro atoms. The van der Waals surface area contributed by atoms with E-state index < -0.39 is 0 Å². The molecule has 5 aromatic rings. The molecule has 5 rings (SSSR count). The fourth-order valence-electron chi connectivity index (χ4n) is 3.79. The molecule has 0 amide bonds. The zero-order chi connectivity index (χ0) is 21.5. The molecule has 2 heterocycles. The third-order valence-electron chi connectivity index (χ3n) is 5.14. The van der Waals surface area contributed by atoms with Gasteiger partial charge in [0.1, 0.15) is 11.2 Å². The van der Waals surface area contributed by atoms with Gasteiger partial charge in [-0.15, -0.1) is 5.10 Å². The van der Waals surface area contributed by atoms with E-state index in [1.165, 1.54) is 0 Å². The lowest BCUT2D eigenvalue weighted by Gasteiger charge is -2.14. The van der Waals surface area contributed by atoms with Crippen LogP contribution in [0, 0.1) is 13.8 Å². The van der Waals surface area contributed by atoms with Crippen LogP contribution < -0.4 is 5.56 Å². The van der Waals surface area contributed by atoms with Crippen LogP contribution in [0.1, 0.15) is 11.1 Å². The Bertz CT molecular complexity index is 1450. The summed E-state index contributed by atoms with van der Waals surface area (Å²) < 4.78 is 3.35. The number of hydrogen-bond donors (Lipinski definition) is 0. The normalized spacial score (nSPS) is 11.2. The van der Waals surface area contributed by atoms with E-state index in [1.54, 1.807) is 27.6 Å². The quantitative estimate of drug-likeness (QED) is 0.382. The fraction of sp³-hybridized carbons (Fsp3) is 0.0800. The second-order valence-corrected chi connectivity index (χ2v) is 8.01. The smallest absolute Gasteiger partial charge is 0.268 e. The summed E-state index contributed by atoms with van der Waals surface area (Å²) in [6.45, 7) is 4.03. The van der Waals surface area contributed by atoms with Crippen molar-refractivity contribution >= 4 is 22.6 Å². The van der Waals surface area contributed by atoms with Gasteiger partial charge < -0.3 is 0 Å². The van der Waals surface area contributed by atoms with Crippen molar-refractivity contribution in [2.24, 2.45) is 0 Å². The minimum Gasteiger partial charge on any atom is -0.268 e. The molecule has 2 aromatic heterocycles. The maximum Gasteiger partial charge on any atom is 0.269 e. The SMILES string of the molecule is Cc1cc(C)cc(-n2c(-c3ccc(Cl)cc3)nc3nn(-c4ccccc4)cc3c2=O)c1. The molecule has 0 unspecified atom stereocenters. The maximum absolute atomic E-state index is 13.7. The Balaban J connectivity index is 1.83. The summed E-state index contributed by atoms with van der Waals surface area (Å²) in [4.78, 5) is 18.5. The number of hydrogen-bond acceptors (Lipinski definition) is 3. The van der Waals surface area contributed by atoms with Crippen LogP contribution in [0.5, 0.6) is 0 Å². The van der Waals surface area contributed by atoms with Gasteiger partial charge in [-0.25, -0.2) is 9.67 Å². The molecular formula is C25H19ClN4O. The highest BCUT2D eigenvalue weighted by Crippen LogP contribution is 2.25. The minimum atomic E-state index is -0.165. The van der Waals surface area contributed by atoms with Gasteiger partial charge >= 0.3 is 0 Å². The fourth-order valence-corrected chi connectivity index (χ4v) is 3.92. The predicted octanol–water partition coefficient (Wildman–Crippen LogP) is 5.51. The van der Waals surface area contributed by atoms with Crippen molar-refractivity contribution in [2.45, 2.75) is 13.8 Å². The van der Waals surface area contributed by atoms with Gasteiger partial charge in [-0.3, -0.25) is 9.36 Å². The Morgan fingerprint density at radius 1 is 0.839 bits per heavy atom. The Morgan fingerprint density at radius 3 is 2.19 bits per heavy atom. The molecule has 152 valence electrons. The summed E-state index contributed by atoms with van der Waals surface area (Å²) in [5, 5.41) is 5.67.